The number of aliphatic hydroxyl groups excluding tert-OH is 1. The van der Waals surface area contributed by atoms with Gasteiger partial charge in [0, 0.05) is 24.9 Å². The highest BCUT2D eigenvalue weighted by molar-refractivity contribution is 5.08. The number of aromatic nitrogens is 2. The first-order valence-corrected chi connectivity index (χ1v) is 4.36. The Morgan fingerprint density at radius 2 is 2.31 bits per heavy atom. The second-order valence-electron chi connectivity index (χ2n) is 3.32. The molecule has 1 heterocycles. The molecule has 1 aromatic rings. The Kier molecular flexibility index (Phi) is 3.45. The minimum absolute atomic E-state index is 0.309. The quantitative estimate of drug-likeness (QED) is 0.763. The summed E-state index contributed by atoms with van der Waals surface area (Å²) in [6, 6.07) is 0.323. The van der Waals surface area contributed by atoms with Crippen molar-refractivity contribution in [1.29, 1.82) is 0 Å². The molecule has 1 unspecified atom stereocenters. The van der Waals surface area contributed by atoms with Crippen LogP contribution in [0.4, 0.5) is 0 Å². The topological polar surface area (TPSA) is 47.3 Å². The van der Waals surface area contributed by atoms with Gasteiger partial charge < -0.3 is 9.84 Å². The third kappa shape index (κ3) is 2.54. The Morgan fingerprint density at radius 3 is 2.77 bits per heavy atom. The van der Waals surface area contributed by atoms with Crippen molar-refractivity contribution in [1.82, 2.24) is 9.78 Å². The van der Waals surface area contributed by atoms with E-state index in [1.54, 1.807) is 13.3 Å². The zero-order valence-corrected chi connectivity index (χ0v) is 8.27. The smallest absolute Gasteiger partial charge is 0.105 e. The largest absolute Gasteiger partial charge is 0.386 e. The van der Waals surface area contributed by atoms with Gasteiger partial charge in [0.25, 0.3) is 0 Å². The van der Waals surface area contributed by atoms with E-state index in [-0.39, 0.29) is 0 Å². The SMILES string of the molecule is COCC(O)c1cnn(C(C)C)c1. The summed E-state index contributed by atoms with van der Waals surface area (Å²) in [4.78, 5) is 0. The average molecular weight is 184 g/mol. The molecule has 13 heavy (non-hydrogen) atoms. The molecule has 1 aromatic heterocycles. The standard InChI is InChI=1S/C9H16N2O2/c1-7(2)11-5-8(4-10-11)9(12)6-13-3/h4-5,7,9,12H,6H2,1-3H3. The van der Waals surface area contributed by atoms with E-state index in [1.165, 1.54) is 0 Å². The van der Waals surface area contributed by atoms with Crippen molar-refractivity contribution in [2.45, 2.75) is 26.0 Å². The summed E-state index contributed by atoms with van der Waals surface area (Å²) in [6.45, 7) is 4.39. The minimum Gasteiger partial charge on any atom is -0.386 e. The molecular weight excluding hydrogens is 168 g/mol. The maximum atomic E-state index is 9.54. The molecule has 0 aromatic carbocycles. The van der Waals surface area contributed by atoms with Gasteiger partial charge in [-0.05, 0) is 13.8 Å². The van der Waals surface area contributed by atoms with E-state index >= 15 is 0 Å². The van der Waals surface area contributed by atoms with Crippen molar-refractivity contribution < 1.29 is 9.84 Å². The van der Waals surface area contributed by atoms with Gasteiger partial charge in [0.05, 0.1) is 12.8 Å². The van der Waals surface area contributed by atoms with Crippen molar-refractivity contribution in [3.05, 3.63) is 18.0 Å². The van der Waals surface area contributed by atoms with E-state index in [1.807, 2.05) is 24.7 Å². The lowest BCUT2D eigenvalue weighted by Gasteiger charge is -2.06. The van der Waals surface area contributed by atoms with Crippen LogP contribution in [0.15, 0.2) is 12.4 Å². The van der Waals surface area contributed by atoms with Crippen molar-refractivity contribution in [2.75, 3.05) is 13.7 Å². The number of rotatable bonds is 4. The Bertz CT molecular complexity index is 258. The van der Waals surface area contributed by atoms with Gasteiger partial charge in [0.15, 0.2) is 0 Å². The highest BCUT2D eigenvalue weighted by Gasteiger charge is 2.10. The fourth-order valence-corrected chi connectivity index (χ4v) is 1.06. The normalized spacial score (nSPS) is 13.6. The molecule has 4 heteroatoms. The Labute approximate surface area is 78.1 Å². The van der Waals surface area contributed by atoms with E-state index in [0.29, 0.717) is 12.6 Å². The van der Waals surface area contributed by atoms with Gasteiger partial charge in [-0.2, -0.15) is 5.10 Å². The molecule has 0 spiro atoms. The van der Waals surface area contributed by atoms with Crippen LogP contribution in [0, 0.1) is 0 Å². The first kappa shape index (κ1) is 10.2. The predicted octanol–water partition coefficient (Wildman–Crippen LogP) is 1.14. The molecule has 0 radical (unpaired) electrons. The van der Waals surface area contributed by atoms with Gasteiger partial charge >= 0.3 is 0 Å². The van der Waals surface area contributed by atoms with Crippen LogP contribution in [0.5, 0.6) is 0 Å². The summed E-state index contributed by atoms with van der Waals surface area (Å²) < 4.78 is 6.65. The lowest BCUT2D eigenvalue weighted by atomic mass is 10.2. The third-order valence-electron chi connectivity index (χ3n) is 1.86. The van der Waals surface area contributed by atoms with Crippen LogP contribution in [0.25, 0.3) is 0 Å². The van der Waals surface area contributed by atoms with Crippen molar-refractivity contribution in [2.24, 2.45) is 0 Å². The molecule has 0 aliphatic carbocycles. The number of methoxy groups -OCH3 is 1. The van der Waals surface area contributed by atoms with E-state index in [2.05, 4.69) is 5.10 Å². The molecular formula is C9H16N2O2. The Morgan fingerprint density at radius 1 is 1.62 bits per heavy atom. The molecule has 0 saturated heterocycles. The minimum atomic E-state index is -0.572. The zero-order chi connectivity index (χ0) is 9.84. The average Bonchev–Trinajstić information content (AvgIpc) is 2.52. The molecule has 0 aliphatic rings. The Hall–Kier alpha value is -0.870. The van der Waals surface area contributed by atoms with E-state index in [0.717, 1.165) is 5.56 Å². The summed E-state index contributed by atoms with van der Waals surface area (Å²) in [5.41, 5.74) is 0.801. The molecule has 0 aliphatic heterocycles. The lowest BCUT2D eigenvalue weighted by Crippen LogP contribution is -2.04. The molecule has 74 valence electrons. The summed E-state index contributed by atoms with van der Waals surface area (Å²) in [6.07, 6.45) is 2.94. The van der Waals surface area contributed by atoms with Gasteiger partial charge in [-0.1, -0.05) is 0 Å². The van der Waals surface area contributed by atoms with Gasteiger partial charge in [-0.3, -0.25) is 4.68 Å². The molecule has 0 fully saturated rings. The molecule has 0 saturated carbocycles. The summed E-state index contributed by atoms with van der Waals surface area (Å²) in [5.74, 6) is 0. The molecule has 1 rings (SSSR count). The highest BCUT2D eigenvalue weighted by Crippen LogP contribution is 2.13. The van der Waals surface area contributed by atoms with Gasteiger partial charge in [-0.15, -0.1) is 0 Å². The third-order valence-corrected chi connectivity index (χ3v) is 1.86. The van der Waals surface area contributed by atoms with Crippen molar-refractivity contribution in [3.8, 4) is 0 Å². The van der Waals surface area contributed by atoms with Gasteiger partial charge in [-0.25, -0.2) is 0 Å². The van der Waals surface area contributed by atoms with Crippen molar-refractivity contribution in [3.63, 3.8) is 0 Å². The monoisotopic (exact) mass is 184 g/mol. The van der Waals surface area contributed by atoms with Crippen LogP contribution in [0.1, 0.15) is 31.6 Å². The van der Waals surface area contributed by atoms with Gasteiger partial charge in [0.2, 0.25) is 0 Å². The first-order chi connectivity index (χ1) is 6.15. The molecule has 4 nitrogen and oxygen atoms in total. The number of nitrogens with zero attached hydrogens (tertiary/aromatic N) is 2. The van der Waals surface area contributed by atoms with E-state index in [9.17, 15) is 5.11 Å². The number of ether oxygens (including phenoxy) is 1. The van der Waals surface area contributed by atoms with Crippen LogP contribution in [0.3, 0.4) is 0 Å². The second-order valence-corrected chi connectivity index (χ2v) is 3.32. The first-order valence-electron chi connectivity index (χ1n) is 4.36. The van der Waals surface area contributed by atoms with Crippen molar-refractivity contribution >= 4 is 0 Å². The zero-order valence-electron chi connectivity index (χ0n) is 8.27. The maximum Gasteiger partial charge on any atom is 0.105 e. The number of aliphatic hydroxyl groups is 1. The molecule has 1 N–H and O–H groups in total. The van der Waals surface area contributed by atoms with E-state index < -0.39 is 6.10 Å². The van der Waals surface area contributed by atoms with Crippen LogP contribution in [-0.2, 0) is 4.74 Å². The molecule has 0 amide bonds. The Balaban J connectivity index is 2.67. The fraction of sp³-hybridized carbons (Fsp3) is 0.667. The van der Waals surface area contributed by atoms with Crippen LogP contribution < -0.4 is 0 Å². The molecule has 1 atom stereocenters. The maximum absolute atomic E-state index is 9.54. The van der Waals surface area contributed by atoms with Crippen LogP contribution in [-0.4, -0.2) is 28.6 Å². The lowest BCUT2D eigenvalue weighted by molar-refractivity contribution is 0.0643. The van der Waals surface area contributed by atoms with Gasteiger partial charge in [0.1, 0.15) is 6.10 Å². The summed E-state index contributed by atoms with van der Waals surface area (Å²) in [7, 11) is 1.57. The number of hydrogen-bond donors (Lipinski definition) is 1. The second kappa shape index (κ2) is 4.39. The molecule has 0 bridgehead atoms. The summed E-state index contributed by atoms with van der Waals surface area (Å²) >= 11 is 0. The van der Waals surface area contributed by atoms with Crippen LogP contribution in [0.2, 0.25) is 0 Å². The number of hydrogen-bond acceptors (Lipinski definition) is 3. The summed E-state index contributed by atoms with van der Waals surface area (Å²) in [5, 5.41) is 13.7. The van der Waals surface area contributed by atoms with Crippen LogP contribution >= 0.6 is 0 Å². The predicted molar refractivity (Wildman–Crippen MR) is 49.4 cm³/mol. The highest BCUT2D eigenvalue weighted by atomic mass is 16.5. The fourth-order valence-electron chi connectivity index (χ4n) is 1.06. The van der Waals surface area contributed by atoms with E-state index in [4.69, 9.17) is 4.74 Å².